The van der Waals surface area contributed by atoms with Gasteiger partial charge in [0.05, 0.1) is 0 Å². The molecule has 1 N–H and O–H groups in total. The van der Waals surface area contributed by atoms with E-state index in [4.69, 9.17) is 11.6 Å². The lowest BCUT2D eigenvalue weighted by molar-refractivity contribution is 0.256. The average molecular weight is 493 g/mol. The number of urea groups is 1. The normalized spacial score (nSPS) is 16.3. The van der Waals surface area contributed by atoms with Crippen molar-refractivity contribution in [2.75, 3.05) is 47.8 Å². The Bertz CT molecular complexity index is 1180. The number of piperazine rings is 1. The Kier molecular flexibility index (Phi) is 6.99. The van der Waals surface area contributed by atoms with Gasteiger partial charge in [-0.2, -0.15) is 0 Å². The molecule has 34 heavy (non-hydrogen) atoms. The molecule has 3 aromatic carbocycles. The predicted octanol–water partition coefficient (Wildman–Crippen LogP) is 6.46. The summed E-state index contributed by atoms with van der Waals surface area (Å²) in [4.78, 5) is 18.5. The van der Waals surface area contributed by atoms with E-state index < -0.39 is 0 Å². The molecule has 2 amide bonds. The summed E-state index contributed by atoms with van der Waals surface area (Å²) in [6.45, 7) is 6.68. The van der Waals surface area contributed by atoms with Gasteiger partial charge in [-0.25, -0.2) is 9.10 Å². The van der Waals surface area contributed by atoms with E-state index in [9.17, 15) is 4.79 Å². The van der Waals surface area contributed by atoms with E-state index in [1.807, 2.05) is 66.2 Å². The van der Waals surface area contributed by atoms with Gasteiger partial charge >= 0.3 is 6.03 Å². The third kappa shape index (κ3) is 5.19. The molecule has 0 unspecified atom stereocenters. The van der Waals surface area contributed by atoms with Gasteiger partial charge in [0.15, 0.2) is 0 Å². The van der Waals surface area contributed by atoms with Gasteiger partial charge in [0, 0.05) is 59.7 Å². The second-order valence-corrected chi connectivity index (χ2v) is 10.4. The lowest BCUT2D eigenvalue weighted by Crippen LogP contribution is -2.43. The standard InChI is InChI=1S/C27H29ClN4OS/c1-20-6-2-3-10-25(20)29-27(33)32-13-5-7-21-18-24(11-12-26(21)32)34-31-16-14-30(15-17-31)23-9-4-8-22(28)19-23/h2-4,6,8-12,18-19H,5,7,13-17H2,1H3,(H,29,33). The summed E-state index contributed by atoms with van der Waals surface area (Å²) in [6.07, 6.45) is 1.97. The number of anilines is 3. The van der Waals surface area contributed by atoms with Crippen molar-refractivity contribution in [3.05, 3.63) is 82.9 Å². The second-order valence-electron chi connectivity index (χ2n) is 8.78. The zero-order chi connectivity index (χ0) is 23.5. The summed E-state index contributed by atoms with van der Waals surface area (Å²) < 4.78 is 2.42. The summed E-state index contributed by atoms with van der Waals surface area (Å²) >= 11 is 7.98. The van der Waals surface area contributed by atoms with Crippen LogP contribution in [0.3, 0.4) is 0 Å². The minimum atomic E-state index is -0.0622. The Morgan fingerprint density at radius 3 is 2.56 bits per heavy atom. The Hall–Kier alpha value is -2.67. The molecule has 0 aromatic heterocycles. The number of halogens is 1. The van der Waals surface area contributed by atoms with Crippen LogP contribution in [0.4, 0.5) is 21.9 Å². The smallest absolute Gasteiger partial charge is 0.326 e. The number of nitrogens with zero attached hydrogens (tertiary/aromatic N) is 3. The van der Waals surface area contributed by atoms with Crippen molar-refractivity contribution in [3.63, 3.8) is 0 Å². The first-order chi connectivity index (χ1) is 16.6. The number of amides is 2. The number of benzene rings is 3. The van der Waals surface area contributed by atoms with Gasteiger partial charge in [-0.05, 0) is 85.3 Å². The first-order valence-corrected chi connectivity index (χ1v) is 12.9. The number of nitrogens with one attached hydrogen (secondary N) is 1. The topological polar surface area (TPSA) is 38.8 Å². The molecule has 5 rings (SSSR count). The molecule has 2 heterocycles. The van der Waals surface area contributed by atoms with Crippen LogP contribution in [-0.4, -0.2) is 43.1 Å². The van der Waals surface area contributed by atoms with Gasteiger partial charge in [-0.3, -0.25) is 4.90 Å². The number of aryl methyl sites for hydroxylation is 2. The maximum Gasteiger partial charge on any atom is 0.326 e. The minimum absolute atomic E-state index is 0.0622. The SMILES string of the molecule is Cc1ccccc1NC(=O)N1CCCc2cc(SN3CCN(c4cccc(Cl)c4)CC3)ccc21. The maximum atomic E-state index is 13.0. The molecule has 0 saturated carbocycles. The zero-order valence-corrected chi connectivity index (χ0v) is 20.9. The lowest BCUT2D eigenvalue weighted by atomic mass is 10.0. The van der Waals surface area contributed by atoms with Gasteiger partial charge in [0.2, 0.25) is 0 Å². The molecule has 1 fully saturated rings. The molecule has 2 aliphatic heterocycles. The lowest BCUT2D eigenvalue weighted by Gasteiger charge is -2.35. The quantitative estimate of drug-likeness (QED) is 0.424. The van der Waals surface area contributed by atoms with E-state index >= 15 is 0 Å². The highest BCUT2D eigenvalue weighted by Crippen LogP contribution is 2.34. The Morgan fingerprint density at radius 1 is 0.941 bits per heavy atom. The fourth-order valence-electron chi connectivity index (χ4n) is 4.60. The molecular formula is C27H29ClN4OS. The molecule has 5 nitrogen and oxygen atoms in total. The van der Waals surface area contributed by atoms with Crippen LogP contribution in [0.5, 0.6) is 0 Å². The molecule has 0 atom stereocenters. The van der Waals surface area contributed by atoms with Gasteiger partial charge in [-0.1, -0.05) is 35.9 Å². The number of hydrogen-bond donors (Lipinski definition) is 1. The fraction of sp³-hybridized carbons (Fsp3) is 0.296. The maximum absolute atomic E-state index is 13.0. The molecule has 0 aliphatic carbocycles. The van der Waals surface area contributed by atoms with Crippen LogP contribution in [0.25, 0.3) is 0 Å². The number of fused-ring (bicyclic) bond motifs is 1. The molecule has 2 aliphatic rings. The molecule has 1 saturated heterocycles. The number of carbonyl (C=O) groups excluding carboxylic acids is 1. The molecule has 7 heteroatoms. The second kappa shape index (κ2) is 10.3. The molecule has 0 bridgehead atoms. The summed E-state index contributed by atoms with van der Waals surface area (Å²) in [5, 5.41) is 3.87. The van der Waals surface area contributed by atoms with Crippen molar-refractivity contribution in [1.29, 1.82) is 0 Å². The van der Waals surface area contributed by atoms with Crippen molar-refractivity contribution in [2.24, 2.45) is 0 Å². The molecular weight excluding hydrogens is 464 g/mol. The number of rotatable bonds is 4. The average Bonchev–Trinajstić information content (AvgIpc) is 2.85. The van der Waals surface area contributed by atoms with Crippen LogP contribution >= 0.6 is 23.5 Å². The van der Waals surface area contributed by atoms with Crippen molar-refractivity contribution >= 4 is 46.6 Å². The van der Waals surface area contributed by atoms with Crippen LogP contribution < -0.4 is 15.1 Å². The molecule has 3 aromatic rings. The highest BCUT2D eigenvalue weighted by molar-refractivity contribution is 7.97. The summed E-state index contributed by atoms with van der Waals surface area (Å²) in [5.74, 6) is 0. The van der Waals surface area contributed by atoms with Gasteiger partial charge < -0.3 is 10.2 Å². The first kappa shape index (κ1) is 23.1. The summed E-state index contributed by atoms with van der Waals surface area (Å²) in [6, 6.07) is 22.4. The van der Waals surface area contributed by atoms with E-state index in [2.05, 4.69) is 38.8 Å². The number of carbonyl (C=O) groups is 1. The van der Waals surface area contributed by atoms with Crippen LogP contribution in [-0.2, 0) is 6.42 Å². The van der Waals surface area contributed by atoms with Crippen LogP contribution in [0.15, 0.2) is 71.6 Å². The molecule has 0 radical (unpaired) electrons. The van der Waals surface area contributed by atoms with Crippen LogP contribution in [0.2, 0.25) is 5.02 Å². The fourth-order valence-corrected chi connectivity index (χ4v) is 5.75. The third-order valence-corrected chi connectivity index (χ3v) is 7.77. The molecule has 176 valence electrons. The Labute approximate surface area is 210 Å². The van der Waals surface area contributed by atoms with Crippen molar-refractivity contribution in [3.8, 4) is 0 Å². The predicted molar refractivity (Wildman–Crippen MR) is 143 cm³/mol. The van der Waals surface area contributed by atoms with E-state index in [1.54, 1.807) is 0 Å². The van der Waals surface area contributed by atoms with Gasteiger partial charge in [-0.15, -0.1) is 0 Å². The van der Waals surface area contributed by atoms with E-state index in [1.165, 1.54) is 16.1 Å². The third-order valence-electron chi connectivity index (χ3n) is 6.45. The highest BCUT2D eigenvalue weighted by atomic mass is 35.5. The van der Waals surface area contributed by atoms with E-state index in [0.717, 1.165) is 67.5 Å². The van der Waals surface area contributed by atoms with E-state index in [0.29, 0.717) is 0 Å². The largest absolute Gasteiger partial charge is 0.369 e. The monoisotopic (exact) mass is 492 g/mol. The molecule has 0 spiro atoms. The van der Waals surface area contributed by atoms with Crippen LogP contribution in [0.1, 0.15) is 17.5 Å². The first-order valence-electron chi connectivity index (χ1n) is 11.8. The highest BCUT2D eigenvalue weighted by Gasteiger charge is 2.24. The minimum Gasteiger partial charge on any atom is -0.369 e. The Morgan fingerprint density at radius 2 is 1.76 bits per heavy atom. The van der Waals surface area contributed by atoms with Gasteiger partial charge in [0.25, 0.3) is 0 Å². The van der Waals surface area contributed by atoms with Crippen LogP contribution in [0, 0.1) is 6.92 Å². The number of hydrogen-bond acceptors (Lipinski definition) is 4. The van der Waals surface area contributed by atoms with E-state index in [-0.39, 0.29) is 6.03 Å². The Balaban J connectivity index is 1.22. The van der Waals surface area contributed by atoms with Gasteiger partial charge in [0.1, 0.15) is 0 Å². The summed E-state index contributed by atoms with van der Waals surface area (Å²) in [5.41, 5.74) is 5.38. The number of para-hydroxylation sites is 1. The summed E-state index contributed by atoms with van der Waals surface area (Å²) in [7, 11) is 0. The van der Waals surface area contributed by atoms with Crippen molar-refractivity contribution < 1.29 is 4.79 Å². The van der Waals surface area contributed by atoms with Crippen molar-refractivity contribution in [2.45, 2.75) is 24.7 Å². The van der Waals surface area contributed by atoms with Crippen molar-refractivity contribution in [1.82, 2.24) is 4.31 Å². The zero-order valence-electron chi connectivity index (χ0n) is 19.3.